The lowest BCUT2D eigenvalue weighted by atomic mass is 10.0. The molecule has 0 aliphatic rings. The predicted molar refractivity (Wildman–Crippen MR) is 152 cm³/mol. The maximum atomic E-state index is 13.6. The van der Waals surface area contributed by atoms with Crippen molar-refractivity contribution in [2.24, 2.45) is 0 Å². The van der Waals surface area contributed by atoms with E-state index in [-0.39, 0.29) is 24.1 Å². The number of nitrogens with zero attached hydrogens (tertiary/aromatic N) is 1. The van der Waals surface area contributed by atoms with Crippen LogP contribution < -0.4 is 5.32 Å². The molecule has 0 saturated carbocycles. The van der Waals surface area contributed by atoms with Gasteiger partial charge in [-0.3, -0.25) is 9.59 Å². The van der Waals surface area contributed by atoms with E-state index in [1.165, 1.54) is 5.56 Å². The van der Waals surface area contributed by atoms with Gasteiger partial charge in [-0.2, -0.15) is 0 Å². The molecule has 0 spiro atoms. The van der Waals surface area contributed by atoms with Crippen molar-refractivity contribution in [2.45, 2.75) is 45.0 Å². The van der Waals surface area contributed by atoms with Crippen LogP contribution in [0.25, 0.3) is 0 Å². The molecule has 0 fully saturated rings. The highest BCUT2D eigenvalue weighted by molar-refractivity contribution is 7.99. The van der Waals surface area contributed by atoms with Crippen LogP contribution in [0.3, 0.4) is 0 Å². The Morgan fingerprint density at radius 2 is 1.69 bits per heavy atom. The van der Waals surface area contributed by atoms with Crippen LogP contribution in [0.4, 0.5) is 0 Å². The highest BCUT2D eigenvalue weighted by atomic mass is 35.5. The number of rotatable bonds is 12. The monoisotopic (exact) mass is 542 g/mol. The van der Waals surface area contributed by atoms with Crippen molar-refractivity contribution in [3.63, 3.8) is 0 Å². The first-order valence-corrected chi connectivity index (χ1v) is 14.0. The molecule has 1 N–H and O–H groups in total. The van der Waals surface area contributed by atoms with Crippen molar-refractivity contribution in [1.82, 2.24) is 10.2 Å². The van der Waals surface area contributed by atoms with Crippen LogP contribution in [-0.4, -0.2) is 35.1 Å². The molecule has 36 heavy (non-hydrogen) atoms. The Morgan fingerprint density at radius 3 is 2.36 bits per heavy atom. The molecule has 0 aromatic heterocycles. The Morgan fingerprint density at radius 1 is 0.972 bits per heavy atom. The van der Waals surface area contributed by atoms with Crippen LogP contribution in [0.5, 0.6) is 0 Å². The SMILES string of the molecule is CCCNC(=O)C(Cc1ccccc1)N(Cc1ccc(Cl)cc1Cl)C(=O)CSCc1ccc(C)cc1. The first-order chi connectivity index (χ1) is 17.4. The molecule has 0 aliphatic heterocycles. The number of aryl methyl sites for hydroxylation is 1. The molecule has 0 heterocycles. The highest BCUT2D eigenvalue weighted by Crippen LogP contribution is 2.25. The lowest BCUT2D eigenvalue weighted by molar-refractivity contribution is -0.139. The summed E-state index contributed by atoms with van der Waals surface area (Å²) in [6.45, 7) is 4.83. The highest BCUT2D eigenvalue weighted by Gasteiger charge is 2.30. The Kier molecular flexibility index (Phi) is 11.2. The minimum absolute atomic E-state index is 0.106. The first kappa shape index (κ1) is 28.1. The van der Waals surface area contributed by atoms with Crippen LogP contribution in [0.2, 0.25) is 10.0 Å². The molecule has 1 unspecified atom stereocenters. The quantitative estimate of drug-likeness (QED) is 0.277. The second kappa shape index (κ2) is 14.3. The number of nitrogens with one attached hydrogen (secondary N) is 1. The molecule has 0 saturated heterocycles. The van der Waals surface area contributed by atoms with E-state index in [0.29, 0.717) is 28.8 Å². The van der Waals surface area contributed by atoms with Gasteiger partial charge in [0.25, 0.3) is 0 Å². The molecule has 2 amide bonds. The smallest absolute Gasteiger partial charge is 0.243 e. The topological polar surface area (TPSA) is 49.4 Å². The summed E-state index contributed by atoms with van der Waals surface area (Å²) in [6.07, 6.45) is 1.23. The molecule has 7 heteroatoms. The fraction of sp³-hybridized carbons (Fsp3) is 0.310. The normalized spacial score (nSPS) is 11.7. The van der Waals surface area contributed by atoms with Gasteiger partial charge in [0.05, 0.1) is 5.75 Å². The third-order valence-corrected chi connectivity index (χ3v) is 7.37. The number of amides is 2. The van der Waals surface area contributed by atoms with Crippen LogP contribution in [0.1, 0.15) is 35.6 Å². The van der Waals surface area contributed by atoms with E-state index >= 15 is 0 Å². The van der Waals surface area contributed by atoms with E-state index in [4.69, 9.17) is 23.2 Å². The number of hydrogen-bond acceptors (Lipinski definition) is 3. The molecular weight excluding hydrogens is 511 g/mol. The molecule has 4 nitrogen and oxygen atoms in total. The Balaban J connectivity index is 1.85. The molecule has 190 valence electrons. The van der Waals surface area contributed by atoms with E-state index in [9.17, 15) is 9.59 Å². The van der Waals surface area contributed by atoms with Crippen molar-refractivity contribution in [3.8, 4) is 0 Å². The summed E-state index contributed by atoms with van der Waals surface area (Å²) in [4.78, 5) is 28.6. The van der Waals surface area contributed by atoms with E-state index < -0.39 is 6.04 Å². The number of benzene rings is 3. The molecule has 3 rings (SSSR count). The summed E-state index contributed by atoms with van der Waals surface area (Å²) in [5.74, 6) is 0.701. The first-order valence-electron chi connectivity index (χ1n) is 12.1. The van der Waals surface area contributed by atoms with E-state index in [0.717, 1.165) is 23.1 Å². The zero-order valence-corrected chi connectivity index (χ0v) is 23.0. The van der Waals surface area contributed by atoms with Crippen LogP contribution in [-0.2, 0) is 28.3 Å². The molecule has 0 radical (unpaired) electrons. The third-order valence-electron chi connectivity index (χ3n) is 5.79. The summed E-state index contributed by atoms with van der Waals surface area (Å²) in [5, 5.41) is 3.99. The van der Waals surface area contributed by atoms with E-state index in [1.807, 2.05) is 43.3 Å². The number of carbonyl (C=O) groups is 2. The van der Waals surface area contributed by atoms with E-state index in [2.05, 4.69) is 36.5 Å². The maximum Gasteiger partial charge on any atom is 0.243 e. The number of thioether (sulfide) groups is 1. The Labute approximate surface area is 228 Å². The van der Waals surface area contributed by atoms with Gasteiger partial charge >= 0.3 is 0 Å². The summed E-state index contributed by atoms with van der Waals surface area (Å²) in [5.41, 5.74) is 4.10. The van der Waals surface area contributed by atoms with Gasteiger partial charge in [0.1, 0.15) is 6.04 Å². The second-order valence-electron chi connectivity index (χ2n) is 8.73. The minimum atomic E-state index is -0.668. The van der Waals surface area contributed by atoms with Gasteiger partial charge in [-0.15, -0.1) is 11.8 Å². The summed E-state index contributed by atoms with van der Waals surface area (Å²) in [6, 6.07) is 22.6. The maximum absolute atomic E-state index is 13.6. The van der Waals surface area contributed by atoms with Crippen LogP contribution in [0, 0.1) is 6.92 Å². The summed E-state index contributed by atoms with van der Waals surface area (Å²) < 4.78 is 0. The predicted octanol–water partition coefficient (Wildman–Crippen LogP) is 6.70. The largest absolute Gasteiger partial charge is 0.354 e. The van der Waals surface area contributed by atoms with Crippen LogP contribution >= 0.6 is 35.0 Å². The molecule has 3 aromatic carbocycles. The van der Waals surface area contributed by atoms with Gasteiger partial charge in [0, 0.05) is 35.3 Å². The zero-order valence-electron chi connectivity index (χ0n) is 20.7. The van der Waals surface area contributed by atoms with Gasteiger partial charge in [0.15, 0.2) is 0 Å². The molecule has 0 aliphatic carbocycles. The van der Waals surface area contributed by atoms with Crippen molar-refractivity contribution >= 4 is 46.8 Å². The number of hydrogen-bond donors (Lipinski definition) is 1. The van der Waals surface area contributed by atoms with Gasteiger partial charge in [0.2, 0.25) is 11.8 Å². The third kappa shape index (κ3) is 8.58. The zero-order chi connectivity index (χ0) is 25.9. The Hall–Kier alpha value is -2.47. The average Bonchev–Trinajstić information content (AvgIpc) is 2.87. The summed E-state index contributed by atoms with van der Waals surface area (Å²) >= 11 is 14.1. The molecular formula is C29H32Cl2N2O2S. The fourth-order valence-corrected chi connectivity index (χ4v) is 5.12. The van der Waals surface area contributed by atoms with Crippen LogP contribution in [0.15, 0.2) is 72.8 Å². The molecule has 3 aromatic rings. The molecule has 0 bridgehead atoms. The van der Waals surface area contributed by atoms with Crippen molar-refractivity contribution in [3.05, 3.63) is 105 Å². The summed E-state index contributed by atoms with van der Waals surface area (Å²) in [7, 11) is 0. The standard InChI is InChI=1S/C29H32Cl2N2O2S/c1-3-15-32-29(35)27(16-22-7-5-4-6-8-22)33(18-24-13-14-25(30)17-26(24)31)28(34)20-36-19-23-11-9-21(2)10-12-23/h4-14,17,27H,3,15-16,18-20H2,1-2H3,(H,32,35). The van der Waals surface area contributed by atoms with Crippen molar-refractivity contribution in [2.75, 3.05) is 12.3 Å². The molecule has 1 atom stereocenters. The van der Waals surface area contributed by atoms with Crippen molar-refractivity contribution < 1.29 is 9.59 Å². The number of halogens is 2. The second-order valence-corrected chi connectivity index (χ2v) is 10.6. The van der Waals surface area contributed by atoms with Gasteiger partial charge < -0.3 is 10.2 Å². The van der Waals surface area contributed by atoms with E-state index in [1.54, 1.807) is 28.8 Å². The average molecular weight is 544 g/mol. The lowest BCUT2D eigenvalue weighted by Gasteiger charge is -2.32. The van der Waals surface area contributed by atoms with Gasteiger partial charge in [-0.1, -0.05) is 96.4 Å². The Bertz CT molecular complexity index is 1140. The lowest BCUT2D eigenvalue weighted by Crippen LogP contribution is -2.51. The minimum Gasteiger partial charge on any atom is -0.354 e. The van der Waals surface area contributed by atoms with Crippen molar-refractivity contribution in [1.29, 1.82) is 0 Å². The number of carbonyl (C=O) groups excluding carboxylic acids is 2. The fourth-order valence-electron chi connectivity index (χ4n) is 3.78. The van der Waals surface area contributed by atoms with Gasteiger partial charge in [-0.05, 0) is 42.2 Å². The van der Waals surface area contributed by atoms with Gasteiger partial charge in [-0.25, -0.2) is 0 Å².